The van der Waals surface area contributed by atoms with Crippen LogP contribution in [0.25, 0.3) is 0 Å². The fourth-order valence-electron chi connectivity index (χ4n) is 3.22. The Morgan fingerprint density at radius 2 is 1.20 bits per heavy atom. The number of nitrogens with zero attached hydrogens (tertiary/aromatic N) is 6. The number of halogens is 3. The fraction of sp³-hybridized carbons (Fsp3) is 0.238. The van der Waals surface area contributed by atoms with Crippen LogP contribution in [0, 0.1) is 0 Å². The molecule has 190 valence electrons. The van der Waals surface area contributed by atoms with Crippen LogP contribution in [0.3, 0.4) is 0 Å². The third kappa shape index (κ3) is 8.80. The summed E-state index contributed by atoms with van der Waals surface area (Å²) in [4.78, 5) is 20.7. The zero-order valence-corrected chi connectivity index (χ0v) is 21.3. The smallest absolute Gasteiger partial charge is 0.223 e. The maximum atomic E-state index is 6.18. The summed E-state index contributed by atoms with van der Waals surface area (Å²) >= 11 is 11.8. The molecule has 0 saturated carbocycles. The van der Waals surface area contributed by atoms with E-state index in [1.54, 1.807) is 48.5 Å². The van der Waals surface area contributed by atoms with Gasteiger partial charge in [-0.25, -0.2) is 9.98 Å². The molecule has 2 aromatic carbocycles. The third-order valence-electron chi connectivity index (χ3n) is 4.84. The second-order valence-electron chi connectivity index (χ2n) is 7.32. The van der Waals surface area contributed by atoms with E-state index in [0.29, 0.717) is 41.1 Å². The van der Waals surface area contributed by atoms with Gasteiger partial charge in [0, 0.05) is 35.7 Å². The molecule has 10 N–H and O–H groups in total. The van der Waals surface area contributed by atoms with Crippen molar-refractivity contribution in [2.24, 2.45) is 42.9 Å². The van der Waals surface area contributed by atoms with Gasteiger partial charge in [-0.05, 0) is 55.5 Å². The van der Waals surface area contributed by atoms with Crippen molar-refractivity contribution in [1.29, 1.82) is 0 Å². The lowest BCUT2D eigenvalue weighted by Gasteiger charge is -2.40. The quantitative estimate of drug-likeness (QED) is 0.329. The molecular weight excluding hydrogens is 515 g/mol. The van der Waals surface area contributed by atoms with E-state index in [0.717, 1.165) is 0 Å². The van der Waals surface area contributed by atoms with E-state index in [1.807, 2.05) is 16.7 Å². The summed E-state index contributed by atoms with van der Waals surface area (Å²) in [7, 11) is 0. The molecule has 1 atom stereocenters. The Kier molecular flexibility index (Phi) is 11.6. The van der Waals surface area contributed by atoms with Crippen molar-refractivity contribution in [1.82, 2.24) is 9.80 Å². The van der Waals surface area contributed by atoms with Crippen molar-refractivity contribution in [3.05, 3.63) is 58.6 Å². The molecule has 1 heterocycles. The molecule has 0 aromatic heterocycles. The SMILES string of the molecule is CC1CN(/C(N)=N/C(N)=Nc2ccc(Cl)cc2)CCN1/C(N)=N/C(N)=Nc1ccc(Cl)cc1.Cl.O. The number of aliphatic imine (C=N–C) groups is 4. The van der Waals surface area contributed by atoms with E-state index in [9.17, 15) is 0 Å². The Bertz CT molecular complexity index is 1090. The largest absolute Gasteiger partial charge is 0.412 e. The van der Waals surface area contributed by atoms with Crippen LogP contribution in [0.1, 0.15) is 6.92 Å². The second kappa shape index (κ2) is 13.6. The molecule has 1 fully saturated rings. The number of hydrogen-bond donors (Lipinski definition) is 4. The van der Waals surface area contributed by atoms with Gasteiger partial charge < -0.3 is 38.2 Å². The first-order valence-electron chi connectivity index (χ1n) is 10.1. The average Bonchev–Trinajstić information content (AvgIpc) is 2.76. The molecule has 1 aliphatic rings. The summed E-state index contributed by atoms with van der Waals surface area (Å²) in [6, 6.07) is 13.9. The maximum absolute atomic E-state index is 6.18. The number of rotatable bonds is 2. The zero-order valence-electron chi connectivity index (χ0n) is 19.0. The number of piperazine rings is 1. The van der Waals surface area contributed by atoms with E-state index in [2.05, 4.69) is 20.0 Å². The Morgan fingerprint density at radius 3 is 1.63 bits per heavy atom. The van der Waals surface area contributed by atoms with Crippen LogP contribution >= 0.6 is 35.6 Å². The van der Waals surface area contributed by atoms with Gasteiger partial charge in [-0.15, -0.1) is 12.4 Å². The standard InChI is InChI=1S/C21H26Cl2N10.ClH.H2O/c1-13-12-32(20(26)30-18(24)28-16-6-2-14(22)3-7-16)10-11-33(13)21(27)31-19(25)29-17-8-4-15(23)5-9-17;;/h2-9,13H,10-12H2,1H3,(H4,24,26,28,30)(H4,25,27,29,31);1H;1H2. The summed E-state index contributed by atoms with van der Waals surface area (Å²) in [5, 5.41) is 1.23. The zero-order chi connectivity index (χ0) is 24.0. The van der Waals surface area contributed by atoms with E-state index >= 15 is 0 Å². The Balaban J connectivity index is 0.00000306. The van der Waals surface area contributed by atoms with Crippen LogP contribution in [0.2, 0.25) is 10.0 Å². The minimum absolute atomic E-state index is 0. The number of nitrogens with two attached hydrogens (primary N) is 4. The molecule has 1 aliphatic heterocycles. The minimum Gasteiger partial charge on any atom is -0.412 e. The first kappa shape index (κ1) is 29.8. The van der Waals surface area contributed by atoms with Crippen molar-refractivity contribution in [2.45, 2.75) is 13.0 Å². The van der Waals surface area contributed by atoms with Crippen molar-refractivity contribution in [3.8, 4) is 0 Å². The minimum atomic E-state index is -0.00555. The fourth-order valence-corrected chi connectivity index (χ4v) is 3.47. The first-order chi connectivity index (χ1) is 15.7. The van der Waals surface area contributed by atoms with E-state index in [4.69, 9.17) is 46.1 Å². The summed E-state index contributed by atoms with van der Waals surface area (Å²) in [5.74, 6) is 0.654. The van der Waals surface area contributed by atoms with Gasteiger partial charge in [-0.1, -0.05) is 23.2 Å². The molecule has 0 radical (unpaired) electrons. The van der Waals surface area contributed by atoms with Gasteiger partial charge in [0.2, 0.25) is 11.9 Å². The summed E-state index contributed by atoms with van der Waals surface area (Å²) in [6.07, 6.45) is 0. The van der Waals surface area contributed by atoms with Gasteiger partial charge >= 0.3 is 0 Å². The number of hydrogen-bond acceptors (Lipinski definition) is 2. The van der Waals surface area contributed by atoms with Crippen LogP contribution in [0.4, 0.5) is 11.4 Å². The molecule has 35 heavy (non-hydrogen) atoms. The molecule has 0 amide bonds. The van der Waals surface area contributed by atoms with Crippen LogP contribution in [0.5, 0.6) is 0 Å². The van der Waals surface area contributed by atoms with Crippen molar-refractivity contribution >= 4 is 70.8 Å². The first-order valence-corrected chi connectivity index (χ1v) is 10.9. The molecule has 1 unspecified atom stereocenters. The van der Waals surface area contributed by atoms with E-state index in [1.165, 1.54) is 0 Å². The van der Waals surface area contributed by atoms with E-state index < -0.39 is 0 Å². The molecule has 0 aliphatic carbocycles. The van der Waals surface area contributed by atoms with Crippen LogP contribution in [0.15, 0.2) is 68.5 Å². The van der Waals surface area contributed by atoms with Gasteiger partial charge in [0.05, 0.1) is 11.4 Å². The van der Waals surface area contributed by atoms with Gasteiger partial charge in [-0.3, -0.25) is 0 Å². The van der Waals surface area contributed by atoms with Crippen LogP contribution in [-0.4, -0.2) is 64.8 Å². The van der Waals surface area contributed by atoms with Crippen LogP contribution < -0.4 is 22.9 Å². The molecule has 11 nitrogen and oxygen atoms in total. The molecule has 0 bridgehead atoms. The molecule has 1 saturated heterocycles. The lowest BCUT2D eigenvalue weighted by Crippen LogP contribution is -2.58. The number of benzene rings is 2. The maximum Gasteiger partial charge on any atom is 0.223 e. The van der Waals surface area contributed by atoms with Crippen molar-refractivity contribution < 1.29 is 5.48 Å². The van der Waals surface area contributed by atoms with Crippen molar-refractivity contribution in [2.75, 3.05) is 19.6 Å². The molecular formula is C21H29Cl3N10O. The summed E-state index contributed by atoms with van der Waals surface area (Å²) < 4.78 is 0. The molecule has 14 heteroatoms. The molecule has 2 aromatic rings. The van der Waals surface area contributed by atoms with E-state index in [-0.39, 0.29) is 47.8 Å². The van der Waals surface area contributed by atoms with Crippen molar-refractivity contribution in [3.63, 3.8) is 0 Å². The normalized spacial score (nSPS) is 17.5. The Hall–Kier alpha value is -3.25. The second-order valence-corrected chi connectivity index (χ2v) is 8.19. The lowest BCUT2D eigenvalue weighted by molar-refractivity contribution is 0.193. The highest BCUT2D eigenvalue weighted by Gasteiger charge is 2.26. The summed E-state index contributed by atoms with van der Waals surface area (Å²) in [6.45, 7) is 3.70. The van der Waals surface area contributed by atoms with Crippen LogP contribution in [-0.2, 0) is 0 Å². The van der Waals surface area contributed by atoms with Gasteiger partial charge in [0.25, 0.3) is 0 Å². The molecule has 3 rings (SSSR count). The topological polar surface area (TPSA) is 192 Å². The van der Waals surface area contributed by atoms with Gasteiger partial charge in [0.1, 0.15) is 0 Å². The predicted molar refractivity (Wildman–Crippen MR) is 147 cm³/mol. The lowest BCUT2D eigenvalue weighted by atomic mass is 10.2. The predicted octanol–water partition coefficient (Wildman–Crippen LogP) is 1.82. The third-order valence-corrected chi connectivity index (χ3v) is 5.35. The Labute approximate surface area is 219 Å². The Morgan fingerprint density at radius 1 is 0.771 bits per heavy atom. The summed E-state index contributed by atoms with van der Waals surface area (Å²) in [5.41, 5.74) is 25.5. The molecule has 0 spiro atoms. The number of guanidine groups is 4. The highest BCUT2D eigenvalue weighted by Crippen LogP contribution is 2.17. The average molecular weight is 544 g/mol. The highest BCUT2D eigenvalue weighted by atomic mass is 35.5. The van der Waals surface area contributed by atoms with Gasteiger partial charge in [-0.2, -0.15) is 9.98 Å². The van der Waals surface area contributed by atoms with Gasteiger partial charge in [0.15, 0.2) is 11.9 Å². The monoisotopic (exact) mass is 542 g/mol. The highest BCUT2D eigenvalue weighted by molar-refractivity contribution is 6.30.